The van der Waals surface area contributed by atoms with E-state index in [2.05, 4.69) is 10.2 Å². The molecule has 218 valence electrons. The lowest BCUT2D eigenvalue weighted by Gasteiger charge is -2.24. The number of hydrogen-bond donors (Lipinski definition) is 1. The molecule has 2 aromatic carbocycles. The van der Waals surface area contributed by atoms with Crippen LogP contribution in [0.2, 0.25) is 0 Å². The molecule has 9 nitrogen and oxygen atoms in total. The molecule has 2 aromatic heterocycles. The van der Waals surface area contributed by atoms with Gasteiger partial charge < -0.3 is 19.0 Å². The number of ketones is 1. The molecule has 12 heteroatoms. The topological polar surface area (TPSA) is 115 Å². The van der Waals surface area contributed by atoms with Crippen molar-refractivity contribution in [2.75, 3.05) is 18.1 Å². The van der Waals surface area contributed by atoms with Crippen LogP contribution < -0.4 is 14.4 Å². The summed E-state index contributed by atoms with van der Waals surface area (Å²) in [5.74, 6) is -0.730. The van der Waals surface area contributed by atoms with Gasteiger partial charge in [-0.2, -0.15) is 0 Å². The van der Waals surface area contributed by atoms with Crippen molar-refractivity contribution >= 4 is 39.9 Å². The van der Waals surface area contributed by atoms with Crippen LogP contribution in [0.5, 0.6) is 11.5 Å². The molecular weight excluding hydrogens is 581 g/mol. The lowest BCUT2D eigenvalue weighted by Crippen LogP contribution is -2.31. The fourth-order valence-corrected chi connectivity index (χ4v) is 6.30. The Labute approximate surface area is 250 Å². The standard InChI is InChI=1S/C30H28FN3O6S2/c1-4-14-39-21-13-11-18(15-23(21)38-5-2)25-24(26(35)22-12-10-17(3)40-22)27(36)28(37)34(25)29-32-33-30(42-29)41-16-19-8-6-7-9-20(19)31/h6-13,15,25,36H,4-5,14,16H2,1-3H3. The van der Waals surface area contributed by atoms with Gasteiger partial charge in [0.25, 0.3) is 5.91 Å². The number of rotatable bonds is 12. The Balaban J connectivity index is 1.54. The van der Waals surface area contributed by atoms with E-state index >= 15 is 0 Å². The maximum Gasteiger partial charge on any atom is 0.296 e. The van der Waals surface area contributed by atoms with Gasteiger partial charge in [-0.1, -0.05) is 54.3 Å². The molecule has 0 saturated carbocycles. The molecular formula is C30H28FN3O6S2. The molecule has 0 bridgehead atoms. The van der Waals surface area contributed by atoms with Crippen molar-refractivity contribution in [3.05, 3.63) is 94.4 Å². The van der Waals surface area contributed by atoms with Gasteiger partial charge in [0.1, 0.15) is 11.6 Å². The number of thioether (sulfide) groups is 1. The van der Waals surface area contributed by atoms with Crippen LogP contribution >= 0.6 is 23.1 Å². The number of Topliss-reactive ketones (excluding diaryl/α,β-unsaturated/α-hetero) is 1. The average molecular weight is 610 g/mol. The molecule has 3 heterocycles. The van der Waals surface area contributed by atoms with Crippen LogP contribution in [0.15, 0.2) is 74.7 Å². The number of aliphatic hydroxyl groups excluding tert-OH is 1. The number of amides is 1. The van der Waals surface area contributed by atoms with Crippen LogP contribution in [0.1, 0.15) is 53.8 Å². The molecule has 0 spiro atoms. The molecule has 42 heavy (non-hydrogen) atoms. The molecule has 1 amide bonds. The number of aliphatic hydroxyl groups is 1. The van der Waals surface area contributed by atoms with E-state index in [1.54, 1.807) is 49.4 Å². The first kappa shape index (κ1) is 29.3. The molecule has 1 aliphatic heterocycles. The summed E-state index contributed by atoms with van der Waals surface area (Å²) in [6.45, 7) is 6.36. The van der Waals surface area contributed by atoms with E-state index in [9.17, 15) is 19.1 Å². The number of anilines is 1. The normalized spacial score (nSPS) is 15.0. The predicted molar refractivity (Wildman–Crippen MR) is 157 cm³/mol. The predicted octanol–water partition coefficient (Wildman–Crippen LogP) is 6.84. The number of hydrogen-bond acceptors (Lipinski definition) is 10. The highest BCUT2D eigenvalue weighted by molar-refractivity contribution is 8.00. The zero-order valence-electron chi connectivity index (χ0n) is 23.1. The van der Waals surface area contributed by atoms with E-state index in [0.717, 1.165) is 17.8 Å². The van der Waals surface area contributed by atoms with Crippen molar-refractivity contribution in [1.82, 2.24) is 10.2 Å². The molecule has 0 radical (unpaired) electrons. The summed E-state index contributed by atoms with van der Waals surface area (Å²) in [5, 5.41) is 19.6. The first-order valence-corrected chi connectivity index (χ1v) is 15.1. The number of furan rings is 1. The fourth-order valence-electron chi connectivity index (χ4n) is 4.45. The molecule has 5 rings (SSSR count). The maximum absolute atomic E-state index is 14.1. The Kier molecular flexibility index (Phi) is 8.93. The largest absolute Gasteiger partial charge is 0.503 e. The number of carbonyl (C=O) groups is 2. The Hall–Kier alpha value is -4.16. The second-order valence-electron chi connectivity index (χ2n) is 9.30. The van der Waals surface area contributed by atoms with E-state index in [0.29, 0.717) is 51.7 Å². The van der Waals surface area contributed by atoms with Crippen LogP contribution in [0.3, 0.4) is 0 Å². The second-order valence-corrected chi connectivity index (χ2v) is 11.5. The van der Waals surface area contributed by atoms with E-state index in [-0.39, 0.29) is 22.3 Å². The van der Waals surface area contributed by atoms with Gasteiger partial charge in [-0.25, -0.2) is 4.39 Å². The van der Waals surface area contributed by atoms with Gasteiger partial charge in [0, 0.05) is 5.75 Å². The SMILES string of the molecule is CCCOc1ccc(C2C(C(=O)c3ccc(C)o3)=C(O)C(=O)N2c2nnc(SCc3ccccc3F)s2)cc1OCC. The highest BCUT2D eigenvalue weighted by atomic mass is 32.2. The van der Waals surface area contributed by atoms with Crippen LogP contribution in [0.25, 0.3) is 0 Å². The molecule has 0 saturated heterocycles. The van der Waals surface area contributed by atoms with Crippen molar-refractivity contribution in [3.8, 4) is 11.5 Å². The van der Waals surface area contributed by atoms with Gasteiger partial charge >= 0.3 is 0 Å². The smallest absolute Gasteiger partial charge is 0.296 e. The van der Waals surface area contributed by atoms with Crippen molar-refractivity contribution < 1.29 is 33.0 Å². The number of carbonyl (C=O) groups excluding carboxylic acids is 2. The minimum atomic E-state index is -1.06. The number of nitrogens with zero attached hydrogens (tertiary/aromatic N) is 3. The van der Waals surface area contributed by atoms with Crippen LogP contribution in [-0.4, -0.2) is 40.2 Å². The molecule has 1 aliphatic rings. The lowest BCUT2D eigenvalue weighted by molar-refractivity contribution is -0.117. The summed E-state index contributed by atoms with van der Waals surface area (Å²) in [6.07, 6.45) is 0.796. The minimum Gasteiger partial charge on any atom is -0.503 e. The third-order valence-electron chi connectivity index (χ3n) is 6.37. The van der Waals surface area contributed by atoms with E-state index in [1.165, 1.54) is 28.8 Å². The molecule has 0 fully saturated rings. The summed E-state index contributed by atoms with van der Waals surface area (Å²) in [7, 11) is 0. The number of benzene rings is 2. The van der Waals surface area contributed by atoms with Gasteiger partial charge in [0.2, 0.25) is 10.9 Å². The fraction of sp³-hybridized carbons (Fsp3) is 0.267. The molecule has 1 atom stereocenters. The van der Waals surface area contributed by atoms with Gasteiger partial charge in [0.15, 0.2) is 27.4 Å². The molecule has 4 aromatic rings. The number of halogens is 1. The van der Waals surface area contributed by atoms with E-state index < -0.39 is 23.5 Å². The number of aryl methyl sites for hydroxylation is 1. The Morgan fingerprint density at radius 2 is 1.93 bits per heavy atom. The van der Waals surface area contributed by atoms with Crippen molar-refractivity contribution in [2.45, 2.75) is 43.3 Å². The Morgan fingerprint density at radius 1 is 1.12 bits per heavy atom. The van der Waals surface area contributed by atoms with Gasteiger partial charge in [-0.15, -0.1) is 10.2 Å². The van der Waals surface area contributed by atoms with Crippen molar-refractivity contribution in [1.29, 1.82) is 0 Å². The van der Waals surface area contributed by atoms with Gasteiger partial charge in [0.05, 0.1) is 24.8 Å². The maximum atomic E-state index is 14.1. The lowest BCUT2D eigenvalue weighted by atomic mass is 9.95. The van der Waals surface area contributed by atoms with Crippen LogP contribution in [0.4, 0.5) is 9.52 Å². The first-order chi connectivity index (χ1) is 20.3. The highest BCUT2D eigenvalue weighted by Crippen LogP contribution is 2.45. The molecule has 1 N–H and O–H groups in total. The third kappa shape index (κ3) is 5.90. The second kappa shape index (κ2) is 12.8. The van der Waals surface area contributed by atoms with E-state index in [1.807, 2.05) is 13.8 Å². The molecule has 0 aliphatic carbocycles. The Morgan fingerprint density at radius 3 is 2.64 bits per heavy atom. The zero-order chi connectivity index (χ0) is 29.8. The van der Waals surface area contributed by atoms with E-state index in [4.69, 9.17) is 13.9 Å². The molecule has 1 unspecified atom stereocenters. The average Bonchev–Trinajstić information content (AvgIpc) is 3.70. The summed E-state index contributed by atoms with van der Waals surface area (Å²) >= 11 is 2.36. The van der Waals surface area contributed by atoms with Crippen LogP contribution in [-0.2, 0) is 10.5 Å². The van der Waals surface area contributed by atoms with Crippen molar-refractivity contribution in [2.24, 2.45) is 0 Å². The third-order valence-corrected chi connectivity index (χ3v) is 8.48. The van der Waals surface area contributed by atoms with Gasteiger partial charge in [-0.05, 0) is 61.7 Å². The van der Waals surface area contributed by atoms with Crippen LogP contribution in [0, 0.1) is 12.7 Å². The van der Waals surface area contributed by atoms with Crippen molar-refractivity contribution in [3.63, 3.8) is 0 Å². The van der Waals surface area contributed by atoms with Gasteiger partial charge in [-0.3, -0.25) is 14.5 Å². The zero-order valence-corrected chi connectivity index (χ0v) is 24.8. The monoisotopic (exact) mass is 609 g/mol. The summed E-state index contributed by atoms with van der Waals surface area (Å²) < 4.78 is 31.8. The summed E-state index contributed by atoms with van der Waals surface area (Å²) in [5.41, 5.74) is 0.834. The Bertz CT molecular complexity index is 1650. The number of ether oxygens (including phenoxy) is 2. The highest BCUT2D eigenvalue weighted by Gasteiger charge is 2.47. The minimum absolute atomic E-state index is 0.0139. The first-order valence-electron chi connectivity index (χ1n) is 13.3. The quantitative estimate of drug-likeness (QED) is 0.105. The summed E-state index contributed by atoms with van der Waals surface area (Å²) in [6, 6.07) is 13.6. The summed E-state index contributed by atoms with van der Waals surface area (Å²) in [4.78, 5) is 28.5. The number of aromatic nitrogens is 2.